The zero-order valence-corrected chi connectivity index (χ0v) is 27.5. The summed E-state index contributed by atoms with van der Waals surface area (Å²) in [7, 11) is 1.59. The average molecular weight is 601 g/mol. The fraction of sp³-hybridized carbons (Fsp3) is 0.781. The lowest BCUT2D eigenvalue weighted by Gasteiger charge is -2.24. The first-order chi connectivity index (χ1) is 19.5. The molecule has 0 saturated carbocycles. The SMILES string of the molecule is CCCCCCCCCCCCCCCCc1ccccc1OCC(COP(=O)(O)OCC[N+](C)(C)C)OC(C)=O. The highest BCUT2D eigenvalue weighted by molar-refractivity contribution is 7.47. The van der Waals surface area contributed by atoms with Crippen LogP contribution >= 0.6 is 7.82 Å². The Morgan fingerprint density at radius 3 is 1.90 bits per heavy atom. The van der Waals surface area contributed by atoms with Crippen molar-refractivity contribution >= 4 is 13.8 Å². The molecule has 0 spiro atoms. The van der Waals surface area contributed by atoms with E-state index < -0.39 is 19.9 Å². The van der Waals surface area contributed by atoms with Gasteiger partial charge in [-0.15, -0.1) is 0 Å². The van der Waals surface area contributed by atoms with Crippen LogP contribution in [-0.2, 0) is 29.6 Å². The lowest BCUT2D eigenvalue weighted by Crippen LogP contribution is -2.37. The van der Waals surface area contributed by atoms with Crippen LogP contribution in [-0.4, -0.2) is 69.0 Å². The molecule has 0 aliphatic carbocycles. The molecule has 0 aromatic heterocycles. The van der Waals surface area contributed by atoms with E-state index in [1.807, 2.05) is 39.3 Å². The maximum absolute atomic E-state index is 12.3. The number of esters is 1. The smallest absolute Gasteiger partial charge is 0.472 e. The minimum absolute atomic E-state index is 0.00815. The van der Waals surface area contributed by atoms with Crippen LogP contribution in [0.25, 0.3) is 0 Å². The molecule has 0 aliphatic heterocycles. The van der Waals surface area contributed by atoms with Crippen molar-refractivity contribution in [1.82, 2.24) is 0 Å². The quantitative estimate of drug-likeness (QED) is 0.0501. The Hall–Kier alpha value is -1.44. The molecule has 2 atom stereocenters. The van der Waals surface area contributed by atoms with Gasteiger partial charge in [-0.3, -0.25) is 13.8 Å². The van der Waals surface area contributed by atoms with Crippen molar-refractivity contribution in [3.8, 4) is 5.75 Å². The number of nitrogens with zero attached hydrogens (tertiary/aromatic N) is 1. The molecule has 1 N–H and O–H groups in total. The summed E-state index contributed by atoms with van der Waals surface area (Å²) in [4.78, 5) is 21.6. The van der Waals surface area contributed by atoms with Crippen molar-refractivity contribution in [3.63, 3.8) is 0 Å². The number of phosphoric ester groups is 1. The van der Waals surface area contributed by atoms with Gasteiger partial charge < -0.3 is 18.9 Å². The summed E-state index contributed by atoms with van der Waals surface area (Å²) in [6.07, 6.45) is 18.7. The number of quaternary nitrogens is 1. The molecule has 0 fully saturated rings. The van der Waals surface area contributed by atoms with E-state index in [9.17, 15) is 14.3 Å². The van der Waals surface area contributed by atoms with Gasteiger partial charge in [-0.1, -0.05) is 109 Å². The van der Waals surface area contributed by atoms with Gasteiger partial charge in [-0.05, 0) is 24.5 Å². The first-order valence-corrected chi connectivity index (χ1v) is 17.3. The van der Waals surface area contributed by atoms with Gasteiger partial charge in [0.1, 0.15) is 25.5 Å². The Kier molecular flexibility index (Phi) is 20.3. The zero-order valence-electron chi connectivity index (χ0n) is 26.6. The van der Waals surface area contributed by atoms with Gasteiger partial charge >= 0.3 is 13.8 Å². The van der Waals surface area contributed by atoms with Crippen LogP contribution in [0.2, 0.25) is 0 Å². The molecule has 0 saturated heterocycles. The Morgan fingerprint density at radius 2 is 1.37 bits per heavy atom. The number of aryl methyl sites for hydroxylation is 1. The standard InChI is InChI=1S/C32H58NO7P/c1-6-7-8-9-10-11-12-13-14-15-16-17-18-19-22-30-23-20-21-24-32(30)37-27-31(40-29(2)34)28-39-41(35,36)38-26-25-33(3,4)5/h20-21,23-24,31H,6-19,22,25-28H2,1-5H3/p+1. The molecular weight excluding hydrogens is 541 g/mol. The van der Waals surface area contributed by atoms with Crippen molar-refractivity contribution < 1.29 is 37.3 Å². The summed E-state index contributed by atoms with van der Waals surface area (Å²) in [6.45, 7) is 3.86. The largest absolute Gasteiger partial charge is 0.489 e. The number of rotatable bonds is 26. The van der Waals surface area contributed by atoms with Crippen molar-refractivity contribution in [2.75, 3.05) is 47.5 Å². The van der Waals surface area contributed by atoms with Crippen molar-refractivity contribution in [3.05, 3.63) is 29.8 Å². The first-order valence-electron chi connectivity index (χ1n) is 15.8. The number of hydrogen-bond donors (Lipinski definition) is 1. The van der Waals surface area contributed by atoms with Crippen LogP contribution in [0.1, 0.15) is 109 Å². The Morgan fingerprint density at radius 1 is 0.829 bits per heavy atom. The number of para-hydroxylation sites is 1. The topological polar surface area (TPSA) is 91.3 Å². The van der Waals surface area contributed by atoms with E-state index in [2.05, 4.69) is 13.0 Å². The third-order valence-corrected chi connectivity index (χ3v) is 7.95. The van der Waals surface area contributed by atoms with Gasteiger partial charge in [0.2, 0.25) is 0 Å². The van der Waals surface area contributed by atoms with Crippen LogP contribution < -0.4 is 4.74 Å². The van der Waals surface area contributed by atoms with Crippen LogP contribution in [0.5, 0.6) is 5.75 Å². The van der Waals surface area contributed by atoms with Crippen molar-refractivity contribution in [2.45, 2.75) is 116 Å². The highest BCUT2D eigenvalue weighted by atomic mass is 31.2. The summed E-state index contributed by atoms with van der Waals surface area (Å²) in [6, 6.07) is 7.85. The molecular formula is C32H59NO7P+. The third kappa shape index (κ3) is 21.9. The minimum atomic E-state index is -4.28. The van der Waals surface area contributed by atoms with Crippen LogP contribution in [0, 0.1) is 0 Å². The summed E-state index contributed by atoms with van der Waals surface area (Å²) in [5.41, 5.74) is 1.10. The fourth-order valence-corrected chi connectivity index (χ4v) is 5.28. The number of carbonyl (C=O) groups excluding carboxylic acids is 1. The maximum atomic E-state index is 12.3. The fourth-order valence-electron chi connectivity index (χ4n) is 4.54. The van der Waals surface area contributed by atoms with E-state index in [-0.39, 0.29) is 19.8 Å². The average Bonchev–Trinajstić information content (AvgIpc) is 2.90. The highest BCUT2D eigenvalue weighted by Crippen LogP contribution is 2.43. The second kappa shape index (κ2) is 22.1. The number of benzene rings is 1. The second-order valence-electron chi connectivity index (χ2n) is 12.1. The molecule has 0 aliphatic rings. The molecule has 0 bridgehead atoms. The molecule has 41 heavy (non-hydrogen) atoms. The van der Waals surface area contributed by atoms with Crippen LogP contribution in [0.4, 0.5) is 0 Å². The third-order valence-electron chi connectivity index (χ3n) is 6.97. The zero-order chi connectivity index (χ0) is 30.4. The highest BCUT2D eigenvalue weighted by Gasteiger charge is 2.26. The molecule has 238 valence electrons. The van der Waals surface area contributed by atoms with E-state index in [1.54, 1.807) is 0 Å². The molecule has 0 amide bonds. The molecule has 9 heteroatoms. The molecule has 0 heterocycles. The number of unbranched alkanes of at least 4 members (excludes halogenated alkanes) is 13. The van der Waals surface area contributed by atoms with Gasteiger partial charge in [0.05, 0.1) is 27.7 Å². The van der Waals surface area contributed by atoms with Gasteiger partial charge in [0.15, 0.2) is 6.10 Å². The number of likely N-dealkylation sites (N-methyl/N-ethyl adjacent to an activating group) is 1. The first kappa shape index (κ1) is 37.6. The van der Waals surface area contributed by atoms with Gasteiger partial charge in [-0.25, -0.2) is 4.57 Å². The monoisotopic (exact) mass is 600 g/mol. The van der Waals surface area contributed by atoms with E-state index >= 15 is 0 Å². The summed E-state index contributed by atoms with van der Waals surface area (Å²) in [5, 5.41) is 0. The Labute approximate surface area is 250 Å². The Balaban J connectivity index is 2.33. The predicted octanol–water partition coefficient (Wildman–Crippen LogP) is 7.86. The van der Waals surface area contributed by atoms with Gasteiger partial charge in [0, 0.05) is 6.92 Å². The van der Waals surface area contributed by atoms with Gasteiger partial charge in [-0.2, -0.15) is 0 Å². The minimum Gasteiger partial charge on any atom is -0.489 e. The molecule has 0 radical (unpaired) electrons. The number of phosphoric acid groups is 1. The predicted molar refractivity (Wildman–Crippen MR) is 166 cm³/mol. The van der Waals surface area contributed by atoms with Gasteiger partial charge in [0.25, 0.3) is 0 Å². The molecule has 2 unspecified atom stereocenters. The molecule has 1 rings (SSSR count). The normalized spacial score (nSPS) is 14.0. The lowest BCUT2D eigenvalue weighted by atomic mass is 10.0. The number of ether oxygens (including phenoxy) is 2. The number of hydrogen-bond acceptors (Lipinski definition) is 6. The van der Waals surface area contributed by atoms with E-state index in [0.29, 0.717) is 11.0 Å². The second-order valence-corrected chi connectivity index (χ2v) is 13.6. The number of carbonyl (C=O) groups is 1. The van der Waals surface area contributed by atoms with Crippen LogP contribution in [0.15, 0.2) is 24.3 Å². The summed E-state index contributed by atoms with van der Waals surface area (Å²) in [5.74, 6) is 0.211. The summed E-state index contributed by atoms with van der Waals surface area (Å²) >= 11 is 0. The molecule has 1 aromatic carbocycles. The van der Waals surface area contributed by atoms with E-state index in [0.717, 1.165) is 24.2 Å². The van der Waals surface area contributed by atoms with Crippen molar-refractivity contribution in [2.24, 2.45) is 0 Å². The molecule has 1 aromatic rings. The van der Waals surface area contributed by atoms with E-state index in [1.165, 1.54) is 90.4 Å². The maximum Gasteiger partial charge on any atom is 0.472 e. The lowest BCUT2D eigenvalue weighted by molar-refractivity contribution is -0.870. The van der Waals surface area contributed by atoms with Crippen LogP contribution in [0.3, 0.4) is 0 Å². The molecule has 8 nitrogen and oxygen atoms in total. The van der Waals surface area contributed by atoms with E-state index in [4.69, 9.17) is 18.5 Å². The van der Waals surface area contributed by atoms with Crippen molar-refractivity contribution in [1.29, 1.82) is 0 Å². The Bertz CT molecular complexity index is 859. The summed E-state index contributed by atoms with van der Waals surface area (Å²) < 4.78 is 34.3.